The zero-order chi connectivity index (χ0) is 15.9. The Hall–Kier alpha value is -1.26. The largest absolute Gasteiger partial charge is 0.351 e. The molecule has 1 aliphatic heterocycles. The third kappa shape index (κ3) is 2.95. The van der Waals surface area contributed by atoms with E-state index in [9.17, 15) is 5.26 Å². The first kappa shape index (κ1) is 15.6. The van der Waals surface area contributed by atoms with E-state index in [0.29, 0.717) is 17.9 Å². The molecule has 22 heavy (non-hydrogen) atoms. The third-order valence-corrected chi connectivity index (χ3v) is 5.73. The van der Waals surface area contributed by atoms with Crippen molar-refractivity contribution in [3.05, 3.63) is 5.28 Å². The molecule has 0 radical (unpaired) electrons. The number of nitrogens with one attached hydrogen (secondary N) is 1. The Kier molecular flexibility index (Phi) is 4.08. The number of halogens is 1. The summed E-state index contributed by atoms with van der Waals surface area (Å²) in [5, 5.41) is 13.2. The lowest BCUT2D eigenvalue weighted by molar-refractivity contribution is 0.587. The standard InChI is InChI=1S/C14H19ClN6S/c1-4-10-21(9(7-16)14(2,3)22-10)13-19-11(15)18-12(20-13)17-8-5-6-8/h8-10H,4-6H2,1-3H3,(H,17,18,19,20). The van der Waals surface area contributed by atoms with Crippen LogP contribution >= 0.6 is 23.4 Å². The summed E-state index contributed by atoms with van der Waals surface area (Å²) in [5.41, 5.74) is 0. The molecule has 2 unspecified atom stereocenters. The van der Waals surface area contributed by atoms with Crippen LogP contribution in [0, 0.1) is 11.3 Å². The van der Waals surface area contributed by atoms with Gasteiger partial charge in [-0.25, -0.2) is 0 Å². The Morgan fingerprint density at radius 2 is 2.14 bits per heavy atom. The van der Waals surface area contributed by atoms with Crippen LogP contribution in [0.1, 0.15) is 40.0 Å². The van der Waals surface area contributed by atoms with Crippen molar-refractivity contribution in [2.75, 3.05) is 10.2 Å². The molecule has 1 aromatic heterocycles. The van der Waals surface area contributed by atoms with Crippen molar-refractivity contribution in [2.24, 2.45) is 0 Å². The average Bonchev–Trinajstić information content (AvgIpc) is 3.20. The van der Waals surface area contributed by atoms with Crippen LogP contribution in [0.3, 0.4) is 0 Å². The number of anilines is 2. The van der Waals surface area contributed by atoms with E-state index in [1.54, 1.807) is 11.8 Å². The van der Waals surface area contributed by atoms with E-state index in [-0.39, 0.29) is 21.4 Å². The first-order valence-electron chi connectivity index (χ1n) is 7.48. The van der Waals surface area contributed by atoms with Gasteiger partial charge in [0.2, 0.25) is 17.2 Å². The van der Waals surface area contributed by atoms with Gasteiger partial charge < -0.3 is 10.2 Å². The molecule has 118 valence electrons. The predicted octanol–water partition coefficient (Wildman–Crippen LogP) is 3.06. The van der Waals surface area contributed by atoms with Gasteiger partial charge in [0.25, 0.3) is 0 Å². The molecule has 8 heteroatoms. The van der Waals surface area contributed by atoms with Crippen molar-refractivity contribution in [2.45, 2.75) is 62.2 Å². The van der Waals surface area contributed by atoms with Gasteiger partial charge in [0.05, 0.1) is 11.4 Å². The second-order valence-corrected chi connectivity index (χ2v) is 8.34. The van der Waals surface area contributed by atoms with Gasteiger partial charge in [-0.15, -0.1) is 11.8 Å². The zero-order valence-corrected chi connectivity index (χ0v) is 14.4. The van der Waals surface area contributed by atoms with Gasteiger partial charge in [-0.2, -0.15) is 20.2 Å². The van der Waals surface area contributed by atoms with E-state index in [1.165, 1.54) is 0 Å². The van der Waals surface area contributed by atoms with E-state index < -0.39 is 0 Å². The molecule has 2 atom stereocenters. The van der Waals surface area contributed by atoms with E-state index in [0.717, 1.165) is 19.3 Å². The van der Waals surface area contributed by atoms with Crippen LogP contribution in [0.4, 0.5) is 11.9 Å². The lowest BCUT2D eigenvalue weighted by Crippen LogP contribution is -2.42. The summed E-state index contributed by atoms with van der Waals surface area (Å²) in [6.45, 7) is 6.27. The minimum atomic E-state index is -0.297. The molecule has 0 aromatic carbocycles. The minimum Gasteiger partial charge on any atom is -0.351 e. The maximum atomic E-state index is 9.62. The molecule has 0 spiro atoms. The number of hydrogen-bond donors (Lipinski definition) is 1. The van der Waals surface area contributed by atoms with Gasteiger partial charge in [-0.05, 0) is 44.7 Å². The summed E-state index contributed by atoms with van der Waals surface area (Å²) in [6.07, 6.45) is 3.16. The molecule has 6 nitrogen and oxygen atoms in total. The first-order chi connectivity index (χ1) is 10.4. The summed E-state index contributed by atoms with van der Waals surface area (Å²) in [7, 11) is 0. The van der Waals surface area contributed by atoms with Gasteiger partial charge in [-0.3, -0.25) is 0 Å². The molecule has 1 aliphatic carbocycles. The van der Waals surface area contributed by atoms with Crippen molar-refractivity contribution in [1.82, 2.24) is 15.0 Å². The molecule has 2 heterocycles. The lowest BCUT2D eigenvalue weighted by atomic mass is 10.0. The SMILES string of the molecule is CCC1SC(C)(C)C(C#N)N1c1nc(Cl)nc(NC2CC2)n1. The van der Waals surface area contributed by atoms with Gasteiger partial charge in [0.1, 0.15) is 6.04 Å². The molecule has 1 saturated carbocycles. The highest BCUT2D eigenvalue weighted by Gasteiger charge is 2.48. The maximum absolute atomic E-state index is 9.62. The lowest BCUT2D eigenvalue weighted by Gasteiger charge is -2.27. The van der Waals surface area contributed by atoms with Crippen LogP contribution in [-0.2, 0) is 0 Å². The van der Waals surface area contributed by atoms with E-state index in [1.807, 2.05) is 4.90 Å². The summed E-state index contributed by atoms with van der Waals surface area (Å²) < 4.78 is -0.182. The van der Waals surface area contributed by atoms with Crippen LogP contribution < -0.4 is 10.2 Å². The maximum Gasteiger partial charge on any atom is 0.233 e. The summed E-state index contributed by atoms with van der Waals surface area (Å²) in [6, 6.07) is 2.54. The van der Waals surface area contributed by atoms with Crippen molar-refractivity contribution < 1.29 is 0 Å². The number of aromatic nitrogens is 3. The van der Waals surface area contributed by atoms with E-state index in [4.69, 9.17) is 11.6 Å². The Balaban J connectivity index is 1.96. The van der Waals surface area contributed by atoms with Gasteiger partial charge in [-0.1, -0.05) is 6.92 Å². The van der Waals surface area contributed by atoms with Gasteiger partial charge >= 0.3 is 0 Å². The smallest absolute Gasteiger partial charge is 0.233 e. The fraction of sp³-hybridized carbons (Fsp3) is 0.714. The first-order valence-corrected chi connectivity index (χ1v) is 8.74. The molecule has 0 bridgehead atoms. The topological polar surface area (TPSA) is 77.7 Å². The molecular weight excluding hydrogens is 320 g/mol. The highest BCUT2D eigenvalue weighted by molar-refractivity contribution is 8.01. The molecule has 2 fully saturated rings. The highest BCUT2D eigenvalue weighted by atomic mass is 35.5. The molecule has 3 rings (SSSR count). The van der Waals surface area contributed by atoms with Crippen molar-refractivity contribution >= 4 is 35.3 Å². The molecule has 1 saturated heterocycles. The zero-order valence-electron chi connectivity index (χ0n) is 12.9. The fourth-order valence-corrected chi connectivity index (χ4v) is 4.29. The summed E-state index contributed by atoms with van der Waals surface area (Å²) in [4.78, 5) is 14.9. The normalized spacial score (nSPS) is 26.8. The average molecular weight is 339 g/mol. The molecular formula is C14H19ClN6S. The summed E-state index contributed by atoms with van der Waals surface area (Å²) >= 11 is 7.85. The molecule has 1 N–H and O–H groups in total. The Morgan fingerprint density at radius 1 is 1.41 bits per heavy atom. The van der Waals surface area contributed by atoms with Crippen LogP contribution in [-0.4, -0.2) is 37.2 Å². The Morgan fingerprint density at radius 3 is 2.73 bits per heavy atom. The molecule has 0 amide bonds. The number of thioether (sulfide) groups is 1. The number of nitriles is 1. The van der Waals surface area contributed by atoms with Crippen molar-refractivity contribution in [3.63, 3.8) is 0 Å². The Bertz CT molecular complexity index is 612. The predicted molar refractivity (Wildman–Crippen MR) is 89.1 cm³/mol. The molecule has 1 aromatic rings. The monoisotopic (exact) mass is 338 g/mol. The van der Waals surface area contributed by atoms with Gasteiger partial charge in [0.15, 0.2) is 0 Å². The highest BCUT2D eigenvalue weighted by Crippen LogP contribution is 2.46. The van der Waals surface area contributed by atoms with E-state index in [2.05, 4.69) is 47.1 Å². The van der Waals surface area contributed by atoms with Crippen LogP contribution in [0.25, 0.3) is 0 Å². The van der Waals surface area contributed by atoms with Gasteiger partial charge in [0, 0.05) is 10.8 Å². The van der Waals surface area contributed by atoms with Crippen molar-refractivity contribution in [1.29, 1.82) is 5.26 Å². The quantitative estimate of drug-likeness (QED) is 0.903. The number of hydrogen-bond acceptors (Lipinski definition) is 7. The second-order valence-electron chi connectivity index (χ2n) is 6.17. The second kappa shape index (κ2) is 5.74. The van der Waals surface area contributed by atoms with Crippen LogP contribution in [0.2, 0.25) is 5.28 Å². The fourth-order valence-electron chi connectivity index (χ4n) is 2.64. The van der Waals surface area contributed by atoms with Crippen molar-refractivity contribution in [3.8, 4) is 6.07 Å². The Labute approximate surface area is 139 Å². The van der Waals surface area contributed by atoms with Crippen LogP contribution in [0.5, 0.6) is 0 Å². The third-order valence-electron chi connectivity index (χ3n) is 3.90. The number of nitrogens with zero attached hydrogens (tertiary/aromatic N) is 5. The van der Waals surface area contributed by atoms with Crippen LogP contribution in [0.15, 0.2) is 0 Å². The molecule has 2 aliphatic rings. The minimum absolute atomic E-state index is 0.159. The van der Waals surface area contributed by atoms with E-state index >= 15 is 0 Å². The number of rotatable bonds is 4. The summed E-state index contributed by atoms with van der Waals surface area (Å²) in [5.74, 6) is 0.985.